The Morgan fingerprint density at radius 1 is 1.17 bits per heavy atom. The molecular formula is C22H23ClF2N4O. The van der Waals surface area contributed by atoms with Crippen LogP contribution in [0, 0.1) is 11.6 Å². The van der Waals surface area contributed by atoms with E-state index in [4.69, 9.17) is 0 Å². The number of carbonyl (C=O) groups excluding carboxylic acids is 1. The molecule has 0 radical (unpaired) electrons. The zero-order valence-electron chi connectivity index (χ0n) is 16.2. The molecule has 1 amide bonds. The number of carbonyl (C=O) groups is 1. The molecule has 1 aliphatic rings. The van der Waals surface area contributed by atoms with E-state index in [1.165, 1.54) is 6.07 Å². The molecule has 1 saturated heterocycles. The minimum Gasteiger partial charge on any atom is -0.347 e. The van der Waals surface area contributed by atoms with Crippen LogP contribution >= 0.6 is 12.4 Å². The molecule has 5 nitrogen and oxygen atoms in total. The lowest BCUT2D eigenvalue weighted by Gasteiger charge is -2.33. The first kappa shape index (κ1) is 21.9. The van der Waals surface area contributed by atoms with Crippen LogP contribution in [-0.2, 0) is 6.54 Å². The maximum absolute atomic E-state index is 13.7. The van der Waals surface area contributed by atoms with Gasteiger partial charge in [0.2, 0.25) is 0 Å². The van der Waals surface area contributed by atoms with Gasteiger partial charge in [-0.1, -0.05) is 36.4 Å². The summed E-state index contributed by atoms with van der Waals surface area (Å²) in [7, 11) is 0. The van der Waals surface area contributed by atoms with Gasteiger partial charge in [-0.15, -0.1) is 12.4 Å². The number of amides is 1. The van der Waals surface area contributed by atoms with Crippen LogP contribution in [0.1, 0.15) is 33.8 Å². The van der Waals surface area contributed by atoms with E-state index in [0.717, 1.165) is 24.6 Å². The van der Waals surface area contributed by atoms with Gasteiger partial charge in [0, 0.05) is 24.7 Å². The van der Waals surface area contributed by atoms with Gasteiger partial charge in [0.05, 0.1) is 18.3 Å². The van der Waals surface area contributed by atoms with Crippen LogP contribution < -0.4 is 10.6 Å². The molecule has 0 saturated carbocycles. The highest BCUT2D eigenvalue weighted by atomic mass is 35.5. The molecular weight excluding hydrogens is 410 g/mol. The summed E-state index contributed by atoms with van der Waals surface area (Å²) in [5.74, 6) is -2.05. The maximum Gasteiger partial charge on any atom is 0.254 e. The van der Waals surface area contributed by atoms with E-state index >= 15 is 0 Å². The monoisotopic (exact) mass is 432 g/mol. The van der Waals surface area contributed by atoms with Crippen LogP contribution in [0.15, 0.2) is 60.9 Å². The Labute approximate surface area is 179 Å². The second-order valence-corrected chi connectivity index (χ2v) is 7.26. The quantitative estimate of drug-likeness (QED) is 0.648. The Kier molecular flexibility index (Phi) is 7.18. The predicted octanol–water partition coefficient (Wildman–Crippen LogP) is 3.51. The van der Waals surface area contributed by atoms with Gasteiger partial charge in [-0.3, -0.25) is 9.48 Å². The van der Waals surface area contributed by atoms with Crippen LogP contribution in [0.2, 0.25) is 0 Å². The van der Waals surface area contributed by atoms with Crippen molar-refractivity contribution in [3.05, 3.63) is 89.2 Å². The second-order valence-electron chi connectivity index (χ2n) is 7.26. The van der Waals surface area contributed by atoms with Crippen LogP contribution in [0.4, 0.5) is 8.78 Å². The predicted molar refractivity (Wildman–Crippen MR) is 113 cm³/mol. The number of benzene rings is 2. The smallest absolute Gasteiger partial charge is 0.254 e. The summed E-state index contributed by atoms with van der Waals surface area (Å²) >= 11 is 0. The van der Waals surface area contributed by atoms with Crippen LogP contribution in [0.25, 0.3) is 0 Å². The van der Waals surface area contributed by atoms with E-state index in [1.54, 1.807) is 23.1 Å². The van der Waals surface area contributed by atoms with Crippen molar-refractivity contribution in [3.63, 3.8) is 0 Å². The van der Waals surface area contributed by atoms with Crippen molar-refractivity contribution in [1.29, 1.82) is 0 Å². The molecule has 0 spiro atoms. The summed E-state index contributed by atoms with van der Waals surface area (Å²) in [4.78, 5) is 12.8. The van der Waals surface area contributed by atoms with E-state index in [0.29, 0.717) is 24.2 Å². The molecule has 0 bridgehead atoms. The normalized spacial score (nSPS) is 18.5. The molecule has 2 unspecified atom stereocenters. The van der Waals surface area contributed by atoms with Crippen molar-refractivity contribution in [1.82, 2.24) is 20.4 Å². The Balaban J connectivity index is 0.00000256. The van der Waals surface area contributed by atoms with Crippen molar-refractivity contribution in [2.45, 2.75) is 24.9 Å². The van der Waals surface area contributed by atoms with E-state index < -0.39 is 11.6 Å². The molecule has 3 aromatic rings. The van der Waals surface area contributed by atoms with Crippen LogP contribution in [-0.4, -0.2) is 34.8 Å². The van der Waals surface area contributed by atoms with E-state index in [1.807, 2.05) is 30.3 Å². The van der Waals surface area contributed by atoms with Crippen LogP contribution in [0.5, 0.6) is 0 Å². The summed E-state index contributed by atoms with van der Waals surface area (Å²) in [5, 5.41) is 10.5. The van der Waals surface area contributed by atoms with Gasteiger partial charge in [0.1, 0.15) is 0 Å². The summed E-state index contributed by atoms with van der Waals surface area (Å²) in [6.45, 7) is 1.90. The first-order valence-corrected chi connectivity index (χ1v) is 9.63. The molecule has 4 rings (SSSR count). The molecule has 2 N–H and O–H groups in total. The highest BCUT2D eigenvalue weighted by Crippen LogP contribution is 2.27. The van der Waals surface area contributed by atoms with Gasteiger partial charge < -0.3 is 10.6 Å². The zero-order chi connectivity index (χ0) is 20.2. The van der Waals surface area contributed by atoms with Gasteiger partial charge >= 0.3 is 0 Å². The van der Waals surface area contributed by atoms with Crippen LogP contribution in [0.3, 0.4) is 0 Å². The third-order valence-electron chi connectivity index (χ3n) is 5.25. The molecule has 2 aromatic carbocycles. The van der Waals surface area contributed by atoms with E-state index in [9.17, 15) is 13.6 Å². The van der Waals surface area contributed by atoms with Crippen molar-refractivity contribution < 1.29 is 13.6 Å². The Hall–Kier alpha value is -2.77. The second kappa shape index (κ2) is 9.82. The highest BCUT2D eigenvalue weighted by molar-refractivity contribution is 5.94. The SMILES string of the molecule is Cl.O=C(NC1CNCCC1c1ccc(F)c(F)c1)c1cnn(Cc2ccccc2)c1. The fraction of sp³-hybridized carbons (Fsp3) is 0.273. The molecule has 1 aromatic heterocycles. The first-order valence-electron chi connectivity index (χ1n) is 9.63. The minimum absolute atomic E-state index is 0. The molecule has 0 aliphatic carbocycles. The number of halogens is 3. The standard InChI is InChI=1S/C22H22F2N4O.ClH/c23-19-7-6-16(10-20(19)24)18-8-9-25-12-21(18)27-22(29)17-11-26-28(14-17)13-15-4-2-1-3-5-15;/h1-7,10-11,14,18,21,25H,8-9,12-13H2,(H,27,29);1H. The highest BCUT2D eigenvalue weighted by Gasteiger charge is 2.29. The van der Waals surface area contributed by atoms with E-state index in [2.05, 4.69) is 15.7 Å². The largest absolute Gasteiger partial charge is 0.347 e. The topological polar surface area (TPSA) is 59.0 Å². The summed E-state index contributed by atoms with van der Waals surface area (Å²) in [6.07, 6.45) is 3.98. The van der Waals surface area contributed by atoms with E-state index in [-0.39, 0.29) is 30.3 Å². The molecule has 2 atom stereocenters. The zero-order valence-corrected chi connectivity index (χ0v) is 17.0. The number of rotatable bonds is 5. The number of piperidine rings is 1. The fourth-order valence-corrected chi connectivity index (χ4v) is 3.74. The molecule has 30 heavy (non-hydrogen) atoms. The Morgan fingerprint density at radius 3 is 2.73 bits per heavy atom. The van der Waals surface area contributed by atoms with Gasteiger partial charge in [0.15, 0.2) is 11.6 Å². The number of nitrogens with one attached hydrogen (secondary N) is 2. The molecule has 8 heteroatoms. The molecule has 158 valence electrons. The number of hydrogen-bond acceptors (Lipinski definition) is 3. The van der Waals surface area contributed by atoms with Gasteiger partial charge in [-0.25, -0.2) is 8.78 Å². The first-order chi connectivity index (χ1) is 14.1. The summed E-state index contributed by atoms with van der Waals surface area (Å²) in [5.41, 5.74) is 2.25. The van der Waals surface area contributed by atoms with Crippen molar-refractivity contribution in [2.24, 2.45) is 0 Å². The van der Waals surface area contributed by atoms with Gasteiger partial charge in [-0.05, 0) is 36.2 Å². The number of nitrogens with zero attached hydrogens (tertiary/aromatic N) is 2. The molecule has 1 aliphatic heterocycles. The average molecular weight is 433 g/mol. The minimum atomic E-state index is -0.867. The molecule has 1 fully saturated rings. The third kappa shape index (κ3) is 5.04. The third-order valence-corrected chi connectivity index (χ3v) is 5.25. The lowest BCUT2D eigenvalue weighted by molar-refractivity contribution is 0.0924. The van der Waals surface area contributed by atoms with Gasteiger partial charge in [-0.2, -0.15) is 5.10 Å². The van der Waals surface area contributed by atoms with Crippen molar-refractivity contribution in [2.75, 3.05) is 13.1 Å². The Bertz CT molecular complexity index is 996. The summed E-state index contributed by atoms with van der Waals surface area (Å²) < 4.78 is 28.7. The molecule has 2 heterocycles. The lowest BCUT2D eigenvalue weighted by atomic mass is 9.86. The summed E-state index contributed by atoms with van der Waals surface area (Å²) in [6, 6.07) is 13.6. The lowest BCUT2D eigenvalue weighted by Crippen LogP contribution is -2.50. The van der Waals surface area contributed by atoms with Crippen molar-refractivity contribution in [3.8, 4) is 0 Å². The fourth-order valence-electron chi connectivity index (χ4n) is 3.74. The maximum atomic E-state index is 13.7. The van der Waals surface area contributed by atoms with Gasteiger partial charge in [0.25, 0.3) is 5.91 Å². The number of hydrogen-bond donors (Lipinski definition) is 2. The number of aromatic nitrogens is 2. The van der Waals surface area contributed by atoms with Crippen molar-refractivity contribution >= 4 is 18.3 Å². The average Bonchev–Trinajstić information content (AvgIpc) is 3.20. The Morgan fingerprint density at radius 2 is 1.97 bits per heavy atom.